The zero-order chi connectivity index (χ0) is 17.1. The maximum Gasteiger partial charge on any atom is 0.293 e. The van der Waals surface area contributed by atoms with Gasteiger partial charge in [0.05, 0.1) is 9.40 Å². The molecule has 1 fully saturated rings. The third kappa shape index (κ3) is 3.53. The Morgan fingerprint density at radius 2 is 2.00 bits per heavy atom. The van der Waals surface area contributed by atoms with Crippen molar-refractivity contribution < 1.29 is 9.66 Å². The molecule has 0 amide bonds. The summed E-state index contributed by atoms with van der Waals surface area (Å²) in [6.07, 6.45) is 2.02. The minimum absolute atomic E-state index is 0.0800. The summed E-state index contributed by atoms with van der Waals surface area (Å²) in [4.78, 5) is 13.2. The monoisotopic (exact) mass is 389 g/mol. The maximum atomic E-state index is 11.5. The van der Waals surface area contributed by atoms with Gasteiger partial charge in [0.2, 0.25) is 0 Å². The standard InChI is InChI=1S/C18H18BrN2O3/c1-13-6-5-11-20(12-13)18-15(21(22)23)9-10-16(17(18)19)24-14-7-3-2-4-8-14/h2-4,7-10,13H,1,5-6,11-12H2/t13-/m0/s1. The number of nitro benzene ring substituents is 1. The fourth-order valence-corrected chi connectivity index (χ4v) is 3.61. The SMILES string of the molecule is [CH2][C@H]1CCCN(c2c([N+](=O)[O-])ccc(Oc3ccccc3)c2Br)C1. The zero-order valence-electron chi connectivity index (χ0n) is 13.2. The molecule has 24 heavy (non-hydrogen) atoms. The van der Waals surface area contributed by atoms with E-state index < -0.39 is 0 Å². The van der Waals surface area contributed by atoms with Crippen LogP contribution in [0.4, 0.5) is 11.4 Å². The third-order valence-corrected chi connectivity index (χ3v) is 4.83. The van der Waals surface area contributed by atoms with Crippen LogP contribution in [0.2, 0.25) is 0 Å². The number of anilines is 1. The van der Waals surface area contributed by atoms with Gasteiger partial charge in [-0.15, -0.1) is 0 Å². The Morgan fingerprint density at radius 1 is 1.25 bits per heavy atom. The van der Waals surface area contributed by atoms with Crippen LogP contribution in [-0.2, 0) is 0 Å². The van der Waals surface area contributed by atoms with E-state index in [1.165, 1.54) is 6.07 Å². The quantitative estimate of drug-likeness (QED) is 0.532. The topological polar surface area (TPSA) is 55.6 Å². The van der Waals surface area contributed by atoms with Crippen LogP contribution in [0.1, 0.15) is 12.8 Å². The number of ether oxygens (including phenoxy) is 1. The Labute approximate surface area is 149 Å². The van der Waals surface area contributed by atoms with Crippen molar-refractivity contribution in [3.05, 3.63) is 64.0 Å². The second-order valence-electron chi connectivity index (χ2n) is 5.87. The summed E-state index contributed by atoms with van der Waals surface area (Å²) in [5.74, 6) is 1.52. The lowest BCUT2D eigenvalue weighted by Crippen LogP contribution is -2.35. The number of hydrogen-bond donors (Lipinski definition) is 0. The number of benzene rings is 2. The van der Waals surface area contributed by atoms with Crippen molar-refractivity contribution in [3.63, 3.8) is 0 Å². The molecule has 1 radical (unpaired) electrons. The fraction of sp³-hybridized carbons (Fsp3) is 0.278. The molecule has 0 saturated carbocycles. The first-order valence-corrected chi connectivity index (χ1v) is 8.63. The molecule has 0 bridgehead atoms. The highest BCUT2D eigenvalue weighted by molar-refractivity contribution is 9.10. The van der Waals surface area contributed by atoms with E-state index in [1.807, 2.05) is 35.2 Å². The summed E-state index contributed by atoms with van der Waals surface area (Å²) in [5.41, 5.74) is 0.651. The predicted molar refractivity (Wildman–Crippen MR) is 97.6 cm³/mol. The van der Waals surface area contributed by atoms with E-state index in [0.717, 1.165) is 19.4 Å². The first kappa shape index (κ1) is 16.8. The summed E-state index contributed by atoms with van der Waals surface area (Å²) < 4.78 is 6.50. The lowest BCUT2D eigenvalue weighted by Gasteiger charge is -2.33. The molecule has 2 aromatic carbocycles. The van der Waals surface area contributed by atoms with Gasteiger partial charge in [-0.05, 0) is 59.8 Å². The van der Waals surface area contributed by atoms with Crippen LogP contribution in [0.25, 0.3) is 0 Å². The van der Waals surface area contributed by atoms with Crippen molar-refractivity contribution in [2.24, 2.45) is 5.92 Å². The van der Waals surface area contributed by atoms with E-state index in [-0.39, 0.29) is 16.5 Å². The second-order valence-corrected chi connectivity index (χ2v) is 6.66. The van der Waals surface area contributed by atoms with Crippen LogP contribution in [0.5, 0.6) is 11.5 Å². The van der Waals surface area contributed by atoms with Crippen LogP contribution in [0.15, 0.2) is 46.9 Å². The largest absolute Gasteiger partial charge is 0.456 e. The van der Waals surface area contributed by atoms with E-state index in [2.05, 4.69) is 22.9 Å². The van der Waals surface area contributed by atoms with Crippen LogP contribution in [0, 0.1) is 23.0 Å². The van der Waals surface area contributed by atoms with Gasteiger partial charge in [-0.25, -0.2) is 0 Å². The molecule has 0 N–H and O–H groups in total. The number of nitro groups is 1. The predicted octanol–water partition coefficient (Wildman–Crippen LogP) is 5.20. The summed E-state index contributed by atoms with van der Waals surface area (Å²) >= 11 is 3.52. The van der Waals surface area contributed by atoms with E-state index in [9.17, 15) is 10.1 Å². The van der Waals surface area contributed by atoms with Crippen molar-refractivity contribution in [2.45, 2.75) is 12.8 Å². The van der Waals surface area contributed by atoms with E-state index in [4.69, 9.17) is 4.74 Å². The molecule has 1 heterocycles. The molecule has 5 nitrogen and oxygen atoms in total. The molecule has 1 aliphatic heterocycles. The Bertz CT molecular complexity index is 737. The summed E-state index contributed by atoms with van der Waals surface area (Å²) in [7, 11) is 0. The highest BCUT2D eigenvalue weighted by atomic mass is 79.9. The van der Waals surface area contributed by atoms with Crippen molar-refractivity contribution in [3.8, 4) is 11.5 Å². The minimum Gasteiger partial charge on any atom is -0.456 e. The molecule has 0 spiro atoms. The average Bonchev–Trinajstić information content (AvgIpc) is 2.57. The number of piperidine rings is 1. The molecule has 6 heteroatoms. The highest BCUT2D eigenvalue weighted by Gasteiger charge is 2.28. The van der Waals surface area contributed by atoms with Gasteiger partial charge in [0.1, 0.15) is 17.2 Å². The van der Waals surface area contributed by atoms with E-state index in [1.54, 1.807) is 6.07 Å². The number of rotatable bonds is 4. The van der Waals surface area contributed by atoms with Crippen molar-refractivity contribution in [1.29, 1.82) is 0 Å². The normalized spacial score (nSPS) is 17.6. The molecular weight excluding hydrogens is 372 g/mol. The zero-order valence-corrected chi connectivity index (χ0v) is 14.7. The lowest BCUT2D eigenvalue weighted by atomic mass is 9.99. The molecule has 0 aliphatic carbocycles. The molecular formula is C18H18BrN2O3. The smallest absolute Gasteiger partial charge is 0.293 e. The van der Waals surface area contributed by atoms with Gasteiger partial charge in [0.25, 0.3) is 5.69 Å². The number of para-hydroxylation sites is 1. The van der Waals surface area contributed by atoms with E-state index in [0.29, 0.717) is 28.2 Å². The first-order valence-electron chi connectivity index (χ1n) is 7.84. The van der Waals surface area contributed by atoms with Crippen LogP contribution in [0.3, 0.4) is 0 Å². The van der Waals surface area contributed by atoms with Crippen LogP contribution < -0.4 is 9.64 Å². The summed E-state index contributed by atoms with van der Waals surface area (Å²) in [5, 5.41) is 11.5. The molecule has 3 rings (SSSR count). The third-order valence-electron chi connectivity index (χ3n) is 4.06. The Hall–Kier alpha value is -2.08. The number of halogens is 1. The first-order chi connectivity index (χ1) is 11.6. The summed E-state index contributed by atoms with van der Waals surface area (Å²) in [6, 6.07) is 12.5. The van der Waals surface area contributed by atoms with Gasteiger partial charge in [-0.3, -0.25) is 10.1 Å². The van der Waals surface area contributed by atoms with Crippen molar-refractivity contribution in [2.75, 3.05) is 18.0 Å². The van der Waals surface area contributed by atoms with Crippen LogP contribution in [-0.4, -0.2) is 18.0 Å². The molecule has 0 aromatic heterocycles. The molecule has 2 aromatic rings. The molecule has 1 aliphatic rings. The van der Waals surface area contributed by atoms with Gasteiger partial charge in [-0.2, -0.15) is 0 Å². The van der Waals surface area contributed by atoms with Gasteiger partial charge in [-0.1, -0.05) is 18.2 Å². The van der Waals surface area contributed by atoms with Gasteiger partial charge < -0.3 is 9.64 Å². The second kappa shape index (κ2) is 7.21. The van der Waals surface area contributed by atoms with Gasteiger partial charge in [0, 0.05) is 19.2 Å². The molecule has 1 saturated heterocycles. The van der Waals surface area contributed by atoms with Gasteiger partial charge in [0.15, 0.2) is 0 Å². The Balaban J connectivity index is 2.00. The fourth-order valence-electron chi connectivity index (χ4n) is 2.95. The Kier molecular flexibility index (Phi) is 5.04. The van der Waals surface area contributed by atoms with Crippen molar-refractivity contribution >= 4 is 27.3 Å². The average molecular weight is 390 g/mol. The summed E-state index contributed by atoms with van der Waals surface area (Å²) in [6.45, 7) is 5.59. The number of hydrogen-bond acceptors (Lipinski definition) is 4. The maximum absolute atomic E-state index is 11.5. The van der Waals surface area contributed by atoms with Crippen LogP contribution >= 0.6 is 15.9 Å². The molecule has 0 unspecified atom stereocenters. The highest BCUT2D eigenvalue weighted by Crippen LogP contribution is 2.44. The lowest BCUT2D eigenvalue weighted by molar-refractivity contribution is -0.384. The van der Waals surface area contributed by atoms with Gasteiger partial charge >= 0.3 is 0 Å². The van der Waals surface area contributed by atoms with Crippen molar-refractivity contribution in [1.82, 2.24) is 0 Å². The minimum atomic E-state index is -0.348. The Morgan fingerprint density at radius 3 is 2.67 bits per heavy atom. The van der Waals surface area contributed by atoms with E-state index >= 15 is 0 Å². The molecule has 1 atom stereocenters. The molecule has 125 valence electrons. The number of nitrogens with zero attached hydrogens (tertiary/aromatic N) is 2.